The summed E-state index contributed by atoms with van der Waals surface area (Å²) in [6.45, 7) is 3.06. The summed E-state index contributed by atoms with van der Waals surface area (Å²) < 4.78 is 0. The highest BCUT2D eigenvalue weighted by atomic mass is 16.4. The van der Waals surface area contributed by atoms with Gasteiger partial charge in [-0.05, 0) is 13.3 Å². The molecule has 0 aliphatic rings. The van der Waals surface area contributed by atoms with Crippen molar-refractivity contribution in [2.24, 2.45) is 5.73 Å². The molecule has 13 heavy (non-hydrogen) atoms. The second kappa shape index (κ2) is 4.23. The molecule has 5 heteroatoms. The molecule has 0 aromatic heterocycles. The summed E-state index contributed by atoms with van der Waals surface area (Å²) in [5.41, 5.74) is 4.68. The van der Waals surface area contributed by atoms with E-state index in [-0.39, 0.29) is 12.5 Å². The predicted molar refractivity (Wildman–Crippen MR) is 48.2 cm³/mol. The molecule has 0 aliphatic carbocycles. The van der Waals surface area contributed by atoms with Crippen molar-refractivity contribution in [3.05, 3.63) is 0 Å². The number of aliphatic carboxylic acids is 1. The number of carboxylic acids is 1. The van der Waals surface area contributed by atoms with Crippen molar-refractivity contribution in [3.63, 3.8) is 0 Å². The third-order valence-electron chi connectivity index (χ3n) is 1.94. The maximum absolute atomic E-state index is 11.5. The Morgan fingerprint density at radius 1 is 1.54 bits per heavy atom. The molecule has 0 aromatic carbocycles. The normalized spacial score (nSPS) is 14.8. The average Bonchev–Trinajstić information content (AvgIpc) is 2.01. The Morgan fingerprint density at radius 3 is 2.31 bits per heavy atom. The Balaban J connectivity index is 4.34. The van der Waals surface area contributed by atoms with Crippen LogP contribution in [0.3, 0.4) is 0 Å². The van der Waals surface area contributed by atoms with Gasteiger partial charge in [-0.15, -0.1) is 0 Å². The van der Waals surface area contributed by atoms with Gasteiger partial charge in [-0.2, -0.15) is 0 Å². The number of likely N-dealkylation sites (N-methyl/N-ethyl adjacent to an activating group) is 1. The van der Waals surface area contributed by atoms with Crippen LogP contribution < -0.4 is 5.73 Å². The Kier molecular flexibility index (Phi) is 3.87. The van der Waals surface area contributed by atoms with Gasteiger partial charge in [0.2, 0.25) is 5.91 Å². The quantitative estimate of drug-likeness (QED) is 0.632. The Bertz CT molecular complexity index is 213. The maximum Gasteiger partial charge on any atom is 0.323 e. The van der Waals surface area contributed by atoms with Gasteiger partial charge in [-0.3, -0.25) is 9.59 Å². The van der Waals surface area contributed by atoms with Crippen LogP contribution in [0.25, 0.3) is 0 Å². The zero-order valence-electron chi connectivity index (χ0n) is 8.20. The summed E-state index contributed by atoms with van der Waals surface area (Å²) in [5.74, 6) is -1.39. The molecule has 0 bridgehead atoms. The zero-order chi connectivity index (χ0) is 10.6. The average molecular weight is 188 g/mol. The van der Waals surface area contributed by atoms with Crippen LogP contribution in [0, 0.1) is 0 Å². The molecule has 0 saturated heterocycles. The minimum Gasteiger partial charge on any atom is -0.480 e. The molecule has 1 amide bonds. The molecule has 0 aromatic rings. The minimum atomic E-state index is -1.04. The van der Waals surface area contributed by atoms with Crippen molar-refractivity contribution < 1.29 is 14.7 Å². The highest BCUT2D eigenvalue weighted by molar-refractivity contribution is 5.88. The third kappa shape index (κ3) is 3.42. The molecule has 1 unspecified atom stereocenters. The molecule has 3 N–H and O–H groups in total. The van der Waals surface area contributed by atoms with E-state index in [9.17, 15) is 9.59 Å². The predicted octanol–water partition coefficient (Wildman–Crippen LogP) is -0.343. The van der Waals surface area contributed by atoms with Gasteiger partial charge in [-0.25, -0.2) is 0 Å². The fourth-order valence-corrected chi connectivity index (χ4v) is 0.862. The molecular formula is C8H16N2O3. The van der Waals surface area contributed by atoms with Crippen molar-refractivity contribution in [2.45, 2.75) is 25.8 Å². The first kappa shape index (κ1) is 11.9. The van der Waals surface area contributed by atoms with E-state index in [0.29, 0.717) is 6.42 Å². The number of hydrogen-bond acceptors (Lipinski definition) is 3. The van der Waals surface area contributed by atoms with E-state index in [1.165, 1.54) is 7.05 Å². The fourth-order valence-electron chi connectivity index (χ4n) is 0.862. The molecule has 0 radical (unpaired) electrons. The van der Waals surface area contributed by atoms with Crippen molar-refractivity contribution >= 4 is 11.9 Å². The lowest BCUT2D eigenvalue weighted by molar-refractivity contribution is -0.145. The number of carboxylic acid groups (broad SMARTS) is 1. The van der Waals surface area contributed by atoms with Gasteiger partial charge < -0.3 is 15.7 Å². The van der Waals surface area contributed by atoms with E-state index < -0.39 is 11.5 Å². The molecular weight excluding hydrogens is 172 g/mol. The second-order valence-electron chi connectivity index (χ2n) is 3.33. The summed E-state index contributed by atoms with van der Waals surface area (Å²) in [6, 6.07) is 0. The largest absolute Gasteiger partial charge is 0.480 e. The number of amides is 1. The summed E-state index contributed by atoms with van der Waals surface area (Å²) in [7, 11) is 1.43. The van der Waals surface area contributed by atoms with Crippen molar-refractivity contribution in [1.82, 2.24) is 4.90 Å². The van der Waals surface area contributed by atoms with Gasteiger partial charge in [0, 0.05) is 7.05 Å². The van der Waals surface area contributed by atoms with Gasteiger partial charge in [0.25, 0.3) is 0 Å². The highest BCUT2D eigenvalue weighted by Crippen LogP contribution is 2.08. The Labute approximate surface area is 77.5 Å². The summed E-state index contributed by atoms with van der Waals surface area (Å²) in [6.07, 6.45) is 0.482. The molecule has 0 spiro atoms. The van der Waals surface area contributed by atoms with Crippen LogP contribution in [-0.2, 0) is 9.59 Å². The molecule has 0 heterocycles. The van der Waals surface area contributed by atoms with Crippen LogP contribution >= 0.6 is 0 Å². The van der Waals surface area contributed by atoms with Crippen LogP contribution in [0.4, 0.5) is 0 Å². The van der Waals surface area contributed by atoms with Crippen LogP contribution in [0.2, 0.25) is 0 Å². The molecule has 0 rings (SSSR count). The lowest BCUT2D eigenvalue weighted by Gasteiger charge is -2.26. The van der Waals surface area contributed by atoms with E-state index in [1.807, 2.05) is 0 Å². The van der Waals surface area contributed by atoms with E-state index in [2.05, 4.69) is 0 Å². The van der Waals surface area contributed by atoms with Crippen LogP contribution in [0.15, 0.2) is 0 Å². The topological polar surface area (TPSA) is 83.6 Å². The SMILES string of the molecule is CCC(C)(N)C(=O)N(C)CC(=O)O. The Morgan fingerprint density at radius 2 is 2.00 bits per heavy atom. The second-order valence-corrected chi connectivity index (χ2v) is 3.33. The molecule has 0 saturated carbocycles. The van der Waals surface area contributed by atoms with Crippen molar-refractivity contribution in [1.29, 1.82) is 0 Å². The van der Waals surface area contributed by atoms with Gasteiger partial charge in [0.1, 0.15) is 6.54 Å². The standard InChI is InChI=1S/C8H16N2O3/c1-4-8(2,9)7(13)10(3)5-6(11)12/h4-5,9H2,1-3H3,(H,11,12). The third-order valence-corrected chi connectivity index (χ3v) is 1.94. The smallest absolute Gasteiger partial charge is 0.323 e. The first-order valence-electron chi connectivity index (χ1n) is 4.07. The minimum absolute atomic E-state index is 0.314. The van der Waals surface area contributed by atoms with Crippen molar-refractivity contribution in [3.8, 4) is 0 Å². The number of carbonyl (C=O) groups is 2. The van der Waals surface area contributed by atoms with Gasteiger partial charge in [0.15, 0.2) is 0 Å². The number of nitrogens with zero attached hydrogens (tertiary/aromatic N) is 1. The highest BCUT2D eigenvalue weighted by Gasteiger charge is 2.29. The maximum atomic E-state index is 11.5. The Hall–Kier alpha value is -1.10. The zero-order valence-corrected chi connectivity index (χ0v) is 8.20. The van der Waals surface area contributed by atoms with E-state index in [4.69, 9.17) is 10.8 Å². The molecule has 76 valence electrons. The van der Waals surface area contributed by atoms with Gasteiger partial charge in [0.05, 0.1) is 5.54 Å². The number of nitrogens with two attached hydrogens (primary N) is 1. The van der Waals surface area contributed by atoms with Crippen molar-refractivity contribution in [2.75, 3.05) is 13.6 Å². The molecule has 5 nitrogen and oxygen atoms in total. The van der Waals surface area contributed by atoms with E-state index in [0.717, 1.165) is 4.90 Å². The monoisotopic (exact) mass is 188 g/mol. The van der Waals surface area contributed by atoms with Gasteiger partial charge in [-0.1, -0.05) is 6.92 Å². The van der Waals surface area contributed by atoms with Crippen LogP contribution in [0.5, 0.6) is 0 Å². The van der Waals surface area contributed by atoms with Gasteiger partial charge >= 0.3 is 5.97 Å². The number of hydrogen-bond donors (Lipinski definition) is 2. The lowest BCUT2D eigenvalue weighted by Crippen LogP contribution is -2.52. The van der Waals surface area contributed by atoms with Crippen LogP contribution in [0.1, 0.15) is 20.3 Å². The van der Waals surface area contributed by atoms with E-state index >= 15 is 0 Å². The fraction of sp³-hybridized carbons (Fsp3) is 0.750. The first-order chi connectivity index (χ1) is 5.81. The number of carbonyl (C=O) groups excluding carboxylic acids is 1. The summed E-state index contributed by atoms with van der Waals surface area (Å²) in [5, 5.41) is 8.44. The summed E-state index contributed by atoms with van der Waals surface area (Å²) >= 11 is 0. The molecule has 0 fully saturated rings. The number of rotatable bonds is 4. The van der Waals surface area contributed by atoms with Crippen LogP contribution in [-0.4, -0.2) is 41.0 Å². The molecule has 0 aliphatic heterocycles. The summed E-state index contributed by atoms with van der Waals surface area (Å²) in [4.78, 5) is 22.9. The first-order valence-corrected chi connectivity index (χ1v) is 4.07. The lowest BCUT2D eigenvalue weighted by atomic mass is 9.99. The molecule has 1 atom stereocenters. The van der Waals surface area contributed by atoms with E-state index in [1.54, 1.807) is 13.8 Å².